The first-order chi connectivity index (χ1) is 22.2. The van der Waals surface area contributed by atoms with Crippen LogP contribution in [0.3, 0.4) is 0 Å². The van der Waals surface area contributed by atoms with E-state index in [1.807, 2.05) is 0 Å². The van der Waals surface area contributed by atoms with Crippen molar-refractivity contribution in [3.63, 3.8) is 0 Å². The number of anilines is 1. The van der Waals surface area contributed by atoms with Crippen LogP contribution >= 0.6 is 0 Å². The van der Waals surface area contributed by atoms with Crippen LogP contribution in [0.4, 0.5) is 10.5 Å². The molecule has 1 unspecified atom stereocenters. The van der Waals surface area contributed by atoms with E-state index in [0.29, 0.717) is 19.3 Å². The molecule has 0 saturated carbocycles. The second kappa shape index (κ2) is 18.5. The number of hydrogen-bond donors (Lipinski definition) is 6. The lowest BCUT2D eigenvalue weighted by Crippen LogP contribution is -2.47. The molecular weight excluding hydrogens is 618 g/mol. The molecule has 1 aromatic rings. The minimum absolute atomic E-state index is 0.0633. The third-order valence-electron chi connectivity index (χ3n) is 7.21. The van der Waals surface area contributed by atoms with Gasteiger partial charge in [0, 0.05) is 50.5 Å². The van der Waals surface area contributed by atoms with Gasteiger partial charge in [-0.15, -0.1) is 0 Å². The summed E-state index contributed by atoms with van der Waals surface area (Å²) in [6.45, 7) is 1.34. The Morgan fingerprint density at radius 1 is 0.979 bits per heavy atom. The Hall–Kier alpha value is -5.48. The molecule has 17 nitrogen and oxygen atoms in total. The van der Waals surface area contributed by atoms with Crippen LogP contribution < -0.4 is 31.7 Å². The van der Waals surface area contributed by atoms with Crippen LogP contribution in [0.5, 0.6) is 5.75 Å². The molecule has 1 aliphatic rings. The minimum atomic E-state index is -1.19. The van der Waals surface area contributed by atoms with Gasteiger partial charge in [-0.05, 0) is 44.7 Å². The maximum absolute atomic E-state index is 13.2. The number of carbonyl (C=O) groups is 8. The number of imide groups is 1. The van der Waals surface area contributed by atoms with E-state index in [-0.39, 0.29) is 61.2 Å². The quantitative estimate of drug-likeness (QED) is 0.0837. The molecule has 0 aliphatic carbocycles. The van der Waals surface area contributed by atoms with E-state index < -0.39 is 54.3 Å². The highest BCUT2D eigenvalue weighted by molar-refractivity contribution is 6.12. The Morgan fingerprint density at radius 3 is 2.28 bits per heavy atom. The number of nitrogens with two attached hydrogens (primary N) is 1. The molecule has 0 aromatic heterocycles. The highest BCUT2D eigenvalue weighted by Gasteiger charge is 2.26. The summed E-state index contributed by atoms with van der Waals surface area (Å²) in [6.07, 6.45) is 4.46. The Labute approximate surface area is 271 Å². The number of nitrogens with one attached hydrogen (secondary N) is 4. The number of unbranched alkanes of at least 4 members (excludes halogenated alkanes) is 2. The van der Waals surface area contributed by atoms with Gasteiger partial charge in [0.25, 0.3) is 17.7 Å². The Morgan fingerprint density at radius 2 is 1.66 bits per heavy atom. The van der Waals surface area contributed by atoms with Crippen molar-refractivity contribution < 1.29 is 48.2 Å². The number of rotatable bonds is 19. The van der Waals surface area contributed by atoms with E-state index in [2.05, 4.69) is 21.3 Å². The van der Waals surface area contributed by atoms with E-state index in [1.54, 1.807) is 0 Å². The molecule has 0 saturated heterocycles. The van der Waals surface area contributed by atoms with Crippen molar-refractivity contribution in [2.24, 2.45) is 5.73 Å². The summed E-state index contributed by atoms with van der Waals surface area (Å²) >= 11 is 0. The zero-order valence-electron chi connectivity index (χ0n) is 26.5. The molecule has 0 fully saturated rings. The Bertz CT molecular complexity index is 1380. The number of methoxy groups -OCH3 is 1. The first-order valence-corrected chi connectivity index (χ1v) is 14.9. The summed E-state index contributed by atoms with van der Waals surface area (Å²) in [5, 5.41) is 19.3. The largest absolute Gasteiger partial charge is 0.496 e. The predicted molar refractivity (Wildman–Crippen MR) is 167 cm³/mol. The molecule has 1 aliphatic heterocycles. The number of nitrogens with zero attached hydrogens (tertiary/aromatic N) is 2. The number of benzene rings is 1. The molecular formula is C30H41N7O10. The number of carbonyl (C=O) groups excluding carboxylic acids is 7. The van der Waals surface area contributed by atoms with Gasteiger partial charge in [0.2, 0.25) is 17.7 Å². The lowest BCUT2D eigenvalue weighted by atomic mass is 10.1. The normalized spacial score (nSPS) is 13.4. The Balaban J connectivity index is 1.94. The van der Waals surface area contributed by atoms with Crippen molar-refractivity contribution in [1.82, 2.24) is 25.8 Å². The molecule has 0 radical (unpaired) electrons. The van der Waals surface area contributed by atoms with Crippen molar-refractivity contribution in [2.45, 2.75) is 57.5 Å². The Kier molecular flexibility index (Phi) is 14.8. The smallest absolute Gasteiger partial charge is 0.326 e. The fourth-order valence-corrected chi connectivity index (χ4v) is 4.39. The van der Waals surface area contributed by atoms with Gasteiger partial charge < -0.3 is 41.7 Å². The number of carboxylic acids is 1. The maximum Gasteiger partial charge on any atom is 0.326 e. The average Bonchev–Trinajstić information content (AvgIpc) is 3.35. The SMILES string of the molecule is COc1cc(NC(=O)C(CCCNC(N)=O)NC(=O)CNC(=O)CCCCCN2C(=O)C=CC2=O)ccc1C(=O)N(C)[C@@H](C)C(=O)O. The maximum atomic E-state index is 13.2. The fraction of sp³-hybridized carbons (Fsp3) is 0.467. The van der Waals surface area contributed by atoms with E-state index in [9.17, 15) is 43.5 Å². The van der Waals surface area contributed by atoms with Crippen molar-refractivity contribution in [2.75, 3.05) is 39.1 Å². The number of urea groups is 1. The number of amides is 8. The number of aliphatic carboxylic acids is 1. The van der Waals surface area contributed by atoms with Gasteiger partial charge in [-0.25, -0.2) is 9.59 Å². The van der Waals surface area contributed by atoms with Crippen LogP contribution in [0, 0.1) is 0 Å². The summed E-state index contributed by atoms with van der Waals surface area (Å²) in [4.78, 5) is 98.5. The highest BCUT2D eigenvalue weighted by atomic mass is 16.5. The second-order valence-corrected chi connectivity index (χ2v) is 10.6. The minimum Gasteiger partial charge on any atom is -0.496 e. The van der Waals surface area contributed by atoms with Crippen LogP contribution in [0.15, 0.2) is 30.4 Å². The molecule has 256 valence electrons. The molecule has 2 rings (SSSR count). The van der Waals surface area contributed by atoms with Gasteiger partial charge in [-0.1, -0.05) is 6.42 Å². The number of hydrogen-bond acceptors (Lipinski definition) is 9. The predicted octanol–water partition coefficient (Wildman–Crippen LogP) is -0.286. The summed E-state index contributed by atoms with van der Waals surface area (Å²) in [6, 6.07) is 1.21. The summed E-state index contributed by atoms with van der Waals surface area (Å²) < 4.78 is 5.29. The first-order valence-electron chi connectivity index (χ1n) is 14.9. The van der Waals surface area contributed by atoms with Gasteiger partial charge in [-0.3, -0.25) is 33.7 Å². The summed E-state index contributed by atoms with van der Waals surface area (Å²) in [5.74, 6) is -4.14. The van der Waals surface area contributed by atoms with Crippen molar-refractivity contribution >= 4 is 53.1 Å². The van der Waals surface area contributed by atoms with E-state index >= 15 is 0 Å². The molecule has 1 heterocycles. The van der Waals surface area contributed by atoms with E-state index in [0.717, 1.165) is 9.80 Å². The van der Waals surface area contributed by atoms with Crippen molar-refractivity contribution in [3.05, 3.63) is 35.9 Å². The van der Waals surface area contributed by atoms with E-state index in [1.165, 1.54) is 51.4 Å². The number of likely N-dealkylation sites (N-methyl/N-ethyl adjacent to an activating group) is 1. The standard InChI is InChI=1S/C30H41N7O10/c1-18(29(44)45)36(2)28(43)20-11-10-19(16-22(20)47-3)34-27(42)21(8-7-14-32-30(31)46)35-24(39)17-33-23(38)9-5-4-6-15-37-25(40)12-13-26(37)41/h10-13,16,18,21H,4-9,14-15,17H2,1-3H3,(H,33,38)(H,34,42)(H,35,39)(H,44,45)(H3,31,32,46)/t18-,21?/m0/s1. The van der Waals surface area contributed by atoms with Gasteiger partial charge in [0.05, 0.1) is 19.2 Å². The van der Waals surface area contributed by atoms with Crippen molar-refractivity contribution in [3.8, 4) is 5.75 Å². The molecule has 1 aromatic carbocycles. The monoisotopic (exact) mass is 659 g/mol. The molecule has 0 bridgehead atoms. The van der Waals surface area contributed by atoms with E-state index in [4.69, 9.17) is 10.5 Å². The molecule has 2 atom stereocenters. The number of primary amides is 1. The lowest BCUT2D eigenvalue weighted by Gasteiger charge is -2.23. The molecule has 17 heteroatoms. The van der Waals surface area contributed by atoms with Gasteiger partial charge in [0.15, 0.2) is 0 Å². The first kappa shape index (κ1) is 37.7. The average molecular weight is 660 g/mol. The van der Waals surface area contributed by atoms with Gasteiger partial charge in [0.1, 0.15) is 17.8 Å². The summed E-state index contributed by atoms with van der Waals surface area (Å²) in [7, 11) is 2.64. The third-order valence-corrected chi connectivity index (χ3v) is 7.21. The number of carboxylic acid groups (broad SMARTS) is 1. The number of ether oxygens (including phenoxy) is 1. The fourth-order valence-electron chi connectivity index (χ4n) is 4.39. The molecule has 7 N–H and O–H groups in total. The zero-order valence-corrected chi connectivity index (χ0v) is 26.5. The summed E-state index contributed by atoms with van der Waals surface area (Å²) in [5.41, 5.74) is 5.36. The zero-order chi connectivity index (χ0) is 35.1. The molecule has 47 heavy (non-hydrogen) atoms. The molecule has 8 amide bonds. The van der Waals surface area contributed by atoms with Crippen LogP contribution in [0.25, 0.3) is 0 Å². The second-order valence-electron chi connectivity index (χ2n) is 10.6. The third kappa shape index (κ3) is 12.1. The van der Waals surface area contributed by atoms with Crippen LogP contribution in [0.2, 0.25) is 0 Å². The topological polar surface area (TPSA) is 247 Å². The molecule has 0 spiro atoms. The van der Waals surface area contributed by atoms with Crippen LogP contribution in [-0.2, 0) is 28.8 Å². The van der Waals surface area contributed by atoms with Crippen LogP contribution in [-0.4, -0.2) is 108 Å². The lowest BCUT2D eigenvalue weighted by molar-refractivity contribution is -0.141. The van der Waals surface area contributed by atoms with Crippen molar-refractivity contribution in [1.29, 1.82) is 0 Å². The van der Waals surface area contributed by atoms with Gasteiger partial charge >= 0.3 is 12.0 Å². The van der Waals surface area contributed by atoms with Gasteiger partial charge in [-0.2, -0.15) is 0 Å². The van der Waals surface area contributed by atoms with Crippen LogP contribution in [0.1, 0.15) is 55.8 Å². The highest BCUT2D eigenvalue weighted by Crippen LogP contribution is 2.25.